The van der Waals surface area contributed by atoms with Crippen LogP contribution < -0.4 is 19.7 Å². The molecule has 0 spiro atoms. The average Bonchev–Trinajstić information content (AvgIpc) is 3.14. The Kier molecular flexibility index (Phi) is 5.21. The van der Waals surface area contributed by atoms with Gasteiger partial charge in [-0.1, -0.05) is 18.2 Å². The number of benzene rings is 2. The van der Waals surface area contributed by atoms with Crippen LogP contribution in [0.1, 0.15) is 12.5 Å². The van der Waals surface area contributed by atoms with Crippen LogP contribution in [0.5, 0.6) is 11.5 Å². The molecular formula is C23H21N3O5. The van der Waals surface area contributed by atoms with Crippen LogP contribution in [0.4, 0.5) is 10.5 Å². The van der Waals surface area contributed by atoms with Crippen molar-refractivity contribution >= 4 is 40.5 Å². The van der Waals surface area contributed by atoms with E-state index < -0.39 is 17.8 Å². The molecule has 4 amide bonds. The highest BCUT2D eigenvalue weighted by Crippen LogP contribution is 2.35. The number of aromatic nitrogens is 1. The van der Waals surface area contributed by atoms with Gasteiger partial charge in [-0.05, 0) is 31.2 Å². The minimum atomic E-state index is -0.852. The molecule has 2 aromatic carbocycles. The van der Waals surface area contributed by atoms with E-state index in [2.05, 4.69) is 5.32 Å². The normalized spacial score (nSPS) is 15.5. The number of nitrogens with zero attached hydrogens (tertiary/aromatic N) is 2. The molecule has 0 aliphatic carbocycles. The van der Waals surface area contributed by atoms with Crippen molar-refractivity contribution in [1.29, 1.82) is 0 Å². The summed E-state index contributed by atoms with van der Waals surface area (Å²) in [6, 6.07) is 11.6. The van der Waals surface area contributed by atoms with Crippen molar-refractivity contribution in [1.82, 2.24) is 9.88 Å². The lowest BCUT2D eigenvalue weighted by atomic mass is 10.1. The maximum Gasteiger partial charge on any atom is 0.336 e. The summed E-state index contributed by atoms with van der Waals surface area (Å²) >= 11 is 0. The number of hydrogen-bond donors (Lipinski definition) is 1. The highest BCUT2D eigenvalue weighted by atomic mass is 16.5. The molecule has 0 saturated carbocycles. The maximum absolute atomic E-state index is 13.3. The summed E-state index contributed by atoms with van der Waals surface area (Å²) in [7, 11) is 2.90. The van der Waals surface area contributed by atoms with Crippen LogP contribution in [-0.2, 0) is 16.1 Å². The third kappa shape index (κ3) is 3.42. The van der Waals surface area contributed by atoms with Crippen LogP contribution in [0.3, 0.4) is 0 Å². The molecule has 0 radical (unpaired) electrons. The van der Waals surface area contributed by atoms with Gasteiger partial charge in [-0.3, -0.25) is 14.9 Å². The molecule has 2 heterocycles. The number of ether oxygens (including phenoxy) is 2. The van der Waals surface area contributed by atoms with Gasteiger partial charge in [0.2, 0.25) is 0 Å². The molecule has 1 aliphatic rings. The summed E-state index contributed by atoms with van der Waals surface area (Å²) < 4.78 is 12.6. The van der Waals surface area contributed by atoms with Gasteiger partial charge in [0.15, 0.2) is 0 Å². The number of para-hydroxylation sites is 1. The number of fused-ring (bicyclic) bond motifs is 1. The second kappa shape index (κ2) is 7.98. The predicted octanol–water partition coefficient (Wildman–Crippen LogP) is 3.34. The van der Waals surface area contributed by atoms with E-state index in [1.54, 1.807) is 12.1 Å². The molecule has 0 bridgehead atoms. The minimum Gasteiger partial charge on any atom is -0.497 e. The van der Waals surface area contributed by atoms with Gasteiger partial charge in [-0.25, -0.2) is 9.69 Å². The lowest BCUT2D eigenvalue weighted by Crippen LogP contribution is -2.54. The van der Waals surface area contributed by atoms with Crippen LogP contribution in [0.25, 0.3) is 17.0 Å². The van der Waals surface area contributed by atoms with E-state index in [0.717, 1.165) is 22.3 Å². The first kappa shape index (κ1) is 20.2. The fourth-order valence-electron chi connectivity index (χ4n) is 3.66. The monoisotopic (exact) mass is 419 g/mol. The molecule has 1 aromatic heterocycles. The van der Waals surface area contributed by atoms with Gasteiger partial charge in [0.25, 0.3) is 11.8 Å². The van der Waals surface area contributed by atoms with E-state index >= 15 is 0 Å². The number of carbonyl (C=O) groups is 3. The van der Waals surface area contributed by atoms with Gasteiger partial charge in [-0.2, -0.15) is 0 Å². The Morgan fingerprint density at radius 3 is 2.52 bits per heavy atom. The molecule has 4 rings (SSSR count). The number of hydrogen-bond acceptors (Lipinski definition) is 5. The Morgan fingerprint density at radius 2 is 1.81 bits per heavy atom. The molecule has 1 aliphatic heterocycles. The topological polar surface area (TPSA) is 89.9 Å². The maximum atomic E-state index is 13.3. The highest BCUT2D eigenvalue weighted by Gasteiger charge is 2.38. The number of urea groups is 1. The second-order valence-corrected chi connectivity index (χ2v) is 6.88. The third-order valence-corrected chi connectivity index (χ3v) is 5.19. The zero-order chi connectivity index (χ0) is 22.1. The Morgan fingerprint density at radius 1 is 1.03 bits per heavy atom. The van der Waals surface area contributed by atoms with Crippen molar-refractivity contribution in [3.05, 3.63) is 59.8 Å². The molecule has 3 aromatic rings. The van der Waals surface area contributed by atoms with Gasteiger partial charge in [-0.15, -0.1) is 0 Å². The summed E-state index contributed by atoms with van der Waals surface area (Å²) in [5.74, 6) is -0.763. The van der Waals surface area contributed by atoms with Crippen LogP contribution in [0, 0.1) is 0 Å². The van der Waals surface area contributed by atoms with Gasteiger partial charge in [0.1, 0.15) is 17.1 Å². The number of imide groups is 2. The molecular weight excluding hydrogens is 398 g/mol. The number of rotatable bonds is 5. The van der Waals surface area contributed by atoms with E-state index in [9.17, 15) is 14.4 Å². The zero-order valence-electron chi connectivity index (χ0n) is 17.3. The van der Waals surface area contributed by atoms with Crippen LogP contribution in [-0.4, -0.2) is 36.6 Å². The summed E-state index contributed by atoms with van der Waals surface area (Å²) in [5, 5.41) is 3.14. The fourth-order valence-corrected chi connectivity index (χ4v) is 3.66. The number of methoxy groups -OCH3 is 2. The molecule has 158 valence electrons. The number of nitrogens with one attached hydrogen (secondary N) is 1. The molecule has 31 heavy (non-hydrogen) atoms. The average molecular weight is 419 g/mol. The van der Waals surface area contributed by atoms with Crippen LogP contribution in [0.2, 0.25) is 0 Å². The lowest BCUT2D eigenvalue weighted by Gasteiger charge is -2.27. The zero-order valence-corrected chi connectivity index (χ0v) is 17.3. The fraction of sp³-hybridized carbons (Fsp3) is 0.174. The largest absolute Gasteiger partial charge is 0.497 e. The van der Waals surface area contributed by atoms with E-state index in [-0.39, 0.29) is 11.3 Å². The summed E-state index contributed by atoms with van der Waals surface area (Å²) in [5.41, 5.74) is 1.73. The SMILES string of the molecule is CCn1cc(C=C2C(=O)NC(=O)N(c3cc(OC)ccc3OC)C2=O)c2ccccc21. The Balaban J connectivity index is 1.83. The summed E-state index contributed by atoms with van der Waals surface area (Å²) in [6.45, 7) is 2.74. The molecule has 1 saturated heterocycles. The lowest BCUT2D eigenvalue weighted by molar-refractivity contribution is -0.122. The summed E-state index contributed by atoms with van der Waals surface area (Å²) in [4.78, 5) is 39.4. The van der Waals surface area contributed by atoms with E-state index in [1.165, 1.54) is 26.4 Å². The van der Waals surface area contributed by atoms with E-state index in [0.29, 0.717) is 17.1 Å². The van der Waals surface area contributed by atoms with Crippen molar-refractivity contribution in [3.8, 4) is 11.5 Å². The van der Waals surface area contributed by atoms with Crippen molar-refractivity contribution in [2.75, 3.05) is 19.1 Å². The first-order valence-corrected chi connectivity index (χ1v) is 9.69. The van der Waals surface area contributed by atoms with E-state index in [4.69, 9.17) is 9.47 Å². The molecule has 8 heteroatoms. The number of barbiturate groups is 1. The van der Waals surface area contributed by atoms with Gasteiger partial charge >= 0.3 is 6.03 Å². The number of amides is 4. The Bertz CT molecular complexity index is 1240. The molecule has 0 atom stereocenters. The van der Waals surface area contributed by atoms with Crippen molar-refractivity contribution in [2.24, 2.45) is 0 Å². The van der Waals surface area contributed by atoms with Crippen molar-refractivity contribution in [3.63, 3.8) is 0 Å². The first-order chi connectivity index (χ1) is 15.0. The second-order valence-electron chi connectivity index (χ2n) is 6.88. The molecule has 1 N–H and O–H groups in total. The summed E-state index contributed by atoms with van der Waals surface area (Å²) in [6.07, 6.45) is 3.39. The smallest absolute Gasteiger partial charge is 0.336 e. The molecule has 1 fully saturated rings. The standard InChI is InChI=1S/C23H21N3O5/c1-4-25-13-14(16-7-5-6-8-18(16)25)11-17-21(27)24-23(29)26(22(17)28)19-12-15(30-2)9-10-20(19)31-3/h5-13H,4H2,1-3H3,(H,24,27,29). The van der Waals surface area contributed by atoms with Crippen molar-refractivity contribution < 1.29 is 23.9 Å². The van der Waals surface area contributed by atoms with Gasteiger partial charge < -0.3 is 14.0 Å². The molecule has 8 nitrogen and oxygen atoms in total. The van der Waals surface area contributed by atoms with Crippen molar-refractivity contribution in [2.45, 2.75) is 13.5 Å². The van der Waals surface area contributed by atoms with Crippen LogP contribution in [0.15, 0.2) is 54.2 Å². The van der Waals surface area contributed by atoms with Gasteiger partial charge in [0, 0.05) is 35.3 Å². The third-order valence-electron chi connectivity index (χ3n) is 5.19. The van der Waals surface area contributed by atoms with Gasteiger partial charge in [0.05, 0.1) is 19.9 Å². The first-order valence-electron chi connectivity index (χ1n) is 9.69. The molecule has 0 unspecified atom stereocenters. The minimum absolute atomic E-state index is 0.150. The quantitative estimate of drug-likeness (QED) is 0.506. The Hall–Kier alpha value is -4.07. The Labute approximate surface area is 178 Å². The predicted molar refractivity (Wildman–Crippen MR) is 116 cm³/mol. The highest BCUT2D eigenvalue weighted by molar-refractivity contribution is 6.39. The van der Waals surface area contributed by atoms with Crippen LogP contribution >= 0.6 is 0 Å². The van der Waals surface area contributed by atoms with E-state index in [1.807, 2.05) is 42.0 Å². The number of anilines is 1. The number of aryl methyl sites for hydroxylation is 1. The number of carbonyl (C=O) groups excluding carboxylic acids is 3.